The molecule has 0 radical (unpaired) electrons. The van der Waals surface area contributed by atoms with Gasteiger partial charge in [0.1, 0.15) is 11.5 Å². The van der Waals surface area contributed by atoms with Crippen LogP contribution in [0.25, 0.3) is 0 Å². The van der Waals surface area contributed by atoms with E-state index in [4.69, 9.17) is 9.47 Å². The van der Waals surface area contributed by atoms with E-state index in [2.05, 4.69) is 22.5 Å². The van der Waals surface area contributed by atoms with Crippen molar-refractivity contribution < 1.29 is 17.9 Å². The van der Waals surface area contributed by atoms with E-state index in [0.717, 1.165) is 0 Å². The fraction of sp³-hybridized carbons (Fsp3) is 0.222. The normalized spacial score (nSPS) is 11.0. The molecule has 0 aliphatic carbocycles. The van der Waals surface area contributed by atoms with Crippen LogP contribution < -0.4 is 13.8 Å². The fourth-order valence-electron chi connectivity index (χ4n) is 2.32. The van der Waals surface area contributed by atoms with Crippen LogP contribution in [-0.4, -0.2) is 28.7 Å². The van der Waals surface area contributed by atoms with E-state index in [0.29, 0.717) is 28.3 Å². The summed E-state index contributed by atoms with van der Waals surface area (Å²) >= 11 is 3.33. The van der Waals surface area contributed by atoms with E-state index in [1.807, 2.05) is 6.92 Å². The van der Waals surface area contributed by atoms with Crippen molar-refractivity contribution in [3.05, 3.63) is 59.6 Å². The van der Waals surface area contributed by atoms with Crippen molar-refractivity contribution >= 4 is 31.6 Å². The Morgan fingerprint density at radius 3 is 2.52 bits per heavy atom. The molecule has 0 aliphatic rings. The van der Waals surface area contributed by atoms with E-state index < -0.39 is 10.0 Å². The van der Waals surface area contributed by atoms with Crippen LogP contribution in [0.1, 0.15) is 6.92 Å². The van der Waals surface area contributed by atoms with Crippen molar-refractivity contribution in [1.82, 2.24) is 0 Å². The van der Waals surface area contributed by atoms with Gasteiger partial charge in [-0.1, -0.05) is 18.2 Å². The maximum Gasteiger partial charge on any atom is 0.264 e. The van der Waals surface area contributed by atoms with Gasteiger partial charge in [-0.15, -0.1) is 6.58 Å². The number of methoxy groups -OCH3 is 1. The molecule has 134 valence electrons. The number of nitrogens with zero attached hydrogens (tertiary/aromatic N) is 1. The van der Waals surface area contributed by atoms with Gasteiger partial charge in [-0.2, -0.15) is 0 Å². The first-order valence-electron chi connectivity index (χ1n) is 7.64. The highest BCUT2D eigenvalue weighted by Crippen LogP contribution is 2.34. The first kappa shape index (κ1) is 19.3. The van der Waals surface area contributed by atoms with Crippen molar-refractivity contribution in [3.63, 3.8) is 0 Å². The minimum absolute atomic E-state index is 0.121. The van der Waals surface area contributed by atoms with Gasteiger partial charge < -0.3 is 9.47 Å². The van der Waals surface area contributed by atoms with Crippen LogP contribution in [0.3, 0.4) is 0 Å². The molecular weight excluding hydrogens is 406 g/mol. The molecule has 0 spiro atoms. The molecule has 0 aromatic heterocycles. The number of halogens is 1. The number of hydrogen-bond donors (Lipinski definition) is 0. The fourth-order valence-corrected chi connectivity index (χ4v) is 4.48. The Labute approximate surface area is 157 Å². The summed E-state index contributed by atoms with van der Waals surface area (Å²) in [6.45, 7) is 6.09. The molecule has 7 heteroatoms. The zero-order chi connectivity index (χ0) is 18.4. The van der Waals surface area contributed by atoms with Gasteiger partial charge in [-0.25, -0.2) is 8.42 Å². The van der Waals surface area contributed by atoms with Gasteiger partial charge in [0.25, 0.3) is 10.0 Å². The number of ether oxygens (including phenoxy) is 2. The van der Waals surface area contributed by atoms with Gasteiger partial charge >= 0.3 is 0 Å². The molecule has 0 bridgehead atoms. The van der Waals surface area contributed by atoms with Gasteiger partial charge in [0, 0.05) is 0 Å². The first-order chi connectivity index (χ1) is 12.0. The third-order valence-corrected chi connectivity index (χ3v) is 5.84. The lowest BCUT2D eigenvalue weighted by atomic mass is 10.3. The second-order valence-electron chi connectivity index (χ2n) is 5.02. The van der Waals surface area contributed by atoms with Crippen molar-refractivity contribution in [2.45, 2.75) is 11.8 Å². The first-order valence-corrected chi connectivity index (χ1v) is 9.88. The minimum atomic E-state index is -3.81. The summed E-state index contributed by atoms with van der Waals surface area (Å²) < 4.78 is 39.0. The predicted octanol–water partition coefficient (Wildman–Crippen LogP) is 4.24. The lowest BCUT2D eigenvalue weighted by molar-refractivity contribution is 0.341. The maximum absolute atomic E-state index is 13.2. The average Bonchev–Trinajstić information content (AvgIpc) is 2.60. The van der Waals surface area contributed by atoms with Crippen LogP contribution in [-0.2, 0) is 10.0 Å². The summed E-state index contributed by atoms with van der Waals surface area (Å²) in [5.74, 6) is 1.06. The molecule has 0 fully saturated rings. The molecule has 0 saturated carbocycles. The zero-order valence-electron chi connectivity index (χ0n) is 14.1. The molecule has 2 aromatic rings. The third-order valence-electron chi connectivity index (χ3n) is 3.44. The van der Waals surface area contributed by atoms with Crippen molar-refractivity contribution in [2.24, 2.45) is 0 Å². The number of benzene rings is 2. The zero-order valence-corrected chi connectivity index (χ0v) is 16.5. The second kappa shape index (κ2) is 8.40. The largest absolute Gasteiger partial charge is 0.496 e. The van der Waals surface area contributed by atoms with Crippen LogP contribution in [0.4, 0.5) is 5.69 Å². The Kier molecular flexibility index (Phi) is 6.50. The van der Waals surface area contributed by atoms with Gasteiger partial charge in [-0.3, -0.25) is 4.31 Å². The Morgan fingerprint density at radius 2 is 1.92 bits per heavy atom. The Hall–Kier alpha value is -1.99. The molecular formula is C18H20BrNO4S. The Bertz CT molecular complexity index is 852. The van der Waals surface area contributed by atoms with E-state index in [-0.39, 0.29) is 11.4 Å². The van der Waals surface area contributed by atoms with Crippen LogP contribution in [0.2, 0.25) is 0 Å². The minimum Gasteiger partial charge on any atom is -0.496 e. The highest BCUT2D eigenvalue weighted by Gasteiger charge is 2.27. The summed E-state index contributed by atoms with van der Waals surface area (Å²) in [4.78, 5) is 0.147. The Morgan fingerprint density at radius 1 is 1.20 bits per heavy atom. The van der Waals surface area contributed by atoms with E-state index >= 15 is 0 Å². The summed E-state index contributed by atoms with van der Waals surface area (Å²) in [7, 11) is -2.28. The summed E-state index contributed by atoms with van der Waals surface area (Å²) in [5, 5.41) is 0. The molecule has 0 heterocycles. The van der Waals surface area contributed by atoms with Gasteiger partial charge in [0.2, 0.25) is 0 Å². The van der Waals surface area contributed by atoms with Gasteiger partial charge in [0.15, 0.2) is 0 Å². The second-order valence-corrected chi connectivity index (χ2v) is 7.74. The van der Waals surface area contributed by atoms with Crippen molar-refractivity contribution in [3.8, 4) is 11.5 Å². The van der Waals surface area contributed by atoms with Crippen molar-refractivity contribution in [2.75, 3.05) is 24.6 Å². The lowest BCUT2D eigenvalue weighted by Gasteiger charge is -2.25. The summed E-state index contributed by atoms with van der Waals surface area (Å²) in [6.07, 6.45) is 1.54. The van der Waals surface area contributed by atoms with Gasteiger partial charge in [0.05, 0.1) is 35.3 Å². The number of hydrogen-bond acceptors (Lipinski definition) is 4. The van der Waals surface area contributed by atoms with Crippen molar-refractivity contribution in [1.29, 1.82) is 0 Å². The molecule has 2 aromatic carbocycles. The number of sulfonamides is 1. The molecule has 0 amide bonds. The van der Waals surface area contributed by atoms with E-state index in [1.165, 1.54) is 23.5 Å². The average molecular weight is 426 g/mol. The summed E-state index contributed by atoms with van der Waals surface area (Å²) in [6, 6.07) is 11.7. The van der Waals surface area contributed by atoms with Crippen LogP contribution in [0, 0.1) is 0 Å². The van der Waals surface area contributed by atoms with E-state index in [1.54, 1.807) is 36.4 Å². The van der Waals surface area contributed by atoms with Crippen LogP contribution >= 0.6 is 15.9 Å². The lowest BCUT2D eigenvalue weighted by Crippen LogP contribution is -2.31. The predicted molar refractivity (Wildman–Crippen MR) is 103 cm³/mol. The van der Waals surface area contributed by atoms with Crippen LogP contribution in [0.5, 0.6) is 11.5 Å². The maximum atomic E-state index is 13.2. The number of anilines is 1. The molecule has 5 nitrogen and oxygen atoms in total. The van der Waals surface area contributed by atoms with Gasteiger partial charge in [-0.05, 0) is 53.2 Å². The molecule has 0 unspecified atom stereocenters. The highest BCUT2D eigenvalue weighted by atomic mass is 79.9. The SMILES string of the molecule is C=CCN(c1ccccc1OCC)S(=O)(=O)c1ccc(OC)c(Br)c1. The topological polar surface area (TPSA) is 55.8 Å². The number of rotatable bonds is 8. The quantitative estimate of drug-likeness (QED) is 0.593. The Balaban J connectivity index is 2.56. The monoisotopic (exact) mass is 425 g/mol. The third kappa shape index (κ3) is 4.16. The molecule has 2 rings (SSSR count). The molecule has 0 atom stereocenters. The molecule has 0 N–H and O–H groups in total. The molecule has 25 heavy (non-hydrogen) atoms. The standard InChI is InChI=1S/C18H20BrNO4S/c1-4-12-20(16-8-6-7-9-18(16)24-5-2)25(21,22)14-10-11-17(23-3)15(19)13-14/h4,6-11,13H,1,5,12H2,2-3H3. The van der Waals surface area contributed by atoms with Crippen LogP contribution in [0.15, 0.2) is 64.5 Å². The number of para-hydroxylation sites is 2. The smallest absolute Gasteiger partial charge is 0.264 e. The summed E-state index contributed by atoms with van der Waals surface area (Å²) in [5.41, 5.74) is 0.469. The van der Waals surface area contributed by atoms with E-state index in [9.17, 15) is 8.42 Å². The molecule has 0 saturated heterocycles. The highest BCUT2D eigenvalue weighted by molar-refractivity contribution is 9.10. The molecule has 0 aliphatic heterocycles.